The van der Waals surface area contributed by atoms with E-state index in [0.29, 0.717) is 5.56 Å². The second kappa shape index (κ2) is 8.96. The summed E-state index contributed by atoms with van der Waals surface area (Å²) in [4.78, 5) is 18.3. The van der Waals surface area contributed by atoms with E-state index >= 15 is 0 Å². The number of carbonyl (C=O) groups excluding carboxylic acids is 1. The number of rotatable bonds is 7. The third-order valence-electron chi connectivity index (χ3n) is 4.97. The Morgan fingerprint density at radius 2 is 2.23 bits per heavy atom. The van der Waals surface area contributed by atoms with E-state index in [1.54, 1.807) is 0 Å². The molecule has 0 bridgehead atoms. The minimum atomic E-state index is -3.43. The summed E-state index contributed by atoms with van der Waals surface area (Å²) in [6.45, 7) is -0.0222. The zero-order valence-corrected chi connectivity index (χ0v) is 17.7. The number of nitrogens with two attached hydrogens (primary N) is 1. The molecule has 1 amide bonds. The Kier molecular flexibility index (Phi) is 6.75. The predicted octanol–water partition coefficient (Wildman–Crippen LogP) is 1.16. The van der Waals surface area contributed by atoms with Crippen LogP contribution in [0.4, 0.5) is 4.39 Å². The molecule has 1 fully saturated rings. The number of halogens is 2. The highest BCUT2D eigenvalue weighted by Gasteiger charge is 2.36. The maximum atomic E-state index is 13.4. The van der Waals surface area contributed by atoms with E-state index in [4.69, 9.17) is 21.9 Å². The molecular formula is C18H22ClFN4O5S. The summed E-state index contributed by atoms with van der Waals surface area (Å²) in [6, 6.07) is 3.00. The van der Waals surface area contributed by atoms with Gasteiger partial charge < -0.3 is 20.3 Å². The maximum absolute atomic E-state index is 13.4. The summed E-state index contributed by atoms with van der Waals surface area (Å²) in [5.41, 5.74) is 6.44. The first-order valence-corrected chi connectivity index (χ1v) is 11.5. The quantitative estimate of drug-likeness (QED) is 0.627. The molecule has 0 saturated carbocycles. The van der Waals surface area contributed by atoms with Crippen molar-refractivity contribution in [3.8, 4) is 11.4 Å². The van der Waals surface area contributed by atoms with Gasteiger partial charge in [-0.25, -0.2) is 12.8 Å². The van der Waals surface area contributed by atoms with Crippen LogP contribution in [-0.2, 0) is 14.6 Å². The molecule has 1 saturated heterocycles. The average Bonchev–Trinajstić information content (AvgIpc) is 3.33. The van der Waals surface area contributed by atoms with Crippen molar-refractivity contribution in [2.45, 2.75) is 35.9 Å². The van der Waals surface area contributed by atoms with Crippen molar-refractivity contribution in [1.82, 2.24) is 15.0 Å². The van der Waals surface area contributed by atoms with Gasteiger partial charge in [0.25, 0.3) is 0 Å². The summed E-state index contributed by atoms with van der Waals surface area (Å²) in [6.07, 6.45) is 0.330. The van der Waals surface area contributed by atoms with Gasteiger partial charge in [0.05, 0.1) is 28.4 Å². The molecule has 1 aliphatic rings. The summed E-state index contributed by atoms with van der Waals surface area (Å²) in [5.74, 6) is -1.12. The molecule has 0 radical (unpaired) electrons. The Labute approximate surface area is 177 Å². The zero-order chi connectivity index (χ0) is 22.1. The third-order valence-corrected chi connectivity index (χ3v) is 6.39. The first kappa shape index (κ1) is 22.6. The van der Waals surface area contributed by atoms with Crippen LogP contribution in [-0.4, -0.2) is 72.6 Å². The highest BCUT2D eigenvalue weighted by molar-refractivity contribution is 7.90. The molecule has 3 atom stereocenters. The van der Waals surface area contributed by atoms with Crippen molar-refractivity contribution >= 4 is 27.3 Å². The topological polar surface area (TPSA) is 140 Å². The van der Waals surface area contributed by atoms with E-state index in [0.717, 1.165) is 6.26 Å². The highest BCUT2D eigenvalue weighted by atomic mass is 35.5. The van der Waals surface area contributed by atoms with Gasteiger partial charge in [-0.15, -0.1) is 0 Å². The molecule has 2 heterocycles. The number of alkyl halides is 1. The fourth-order valence-electron chi connectivity index (χ4n) is 3.30. The van der Waals surface area contributed by atoms with E-state index in [-0.39, 0.29) is 54.2 Å². The molecule has 2 aromatic rings. The first-order valence-electron chi connectivity index (χ1n) is 9.24. The molecular weight excluding hydrogens is 439 g/mol. The van der Waals surface area contributed by atoms with Crippen molar-refractivity contribution in [2.75, 3.05) is 26.0 Å². The molecule has 30 heavy (non-hydrogen) atoms. The second-order valence-corrected chi connectivity index (χ2v) is 9.61. The molecule has 3 N–H and O–H groups in total. The number of benzene rings is 1. The van der Waals surface area contributed by atoms with Crippen molar-refractivity contribution < 1.29 is 27.2 Å². The van der Waals surface area contributed by atoms with Crippen molar-refractivity contribution in [2.24, 2.45) is 5.73 Å². The van der Waals surface area contributed by atoms with Crippen LogP contribution in [0, 0.1) is 0 Å². The monoisotopic (exact) mass is 460 g/mol. The number of aliphatic hydroxyl groups excluding tert-OH is 1. The number of carbonyl (C=O) groups is 1. The molecule has 1 aromatic heterocycles. The van der Waals surface area contributed by atoms with Crippen LogP contribution >= 0.6 is 11.6 Å². The Hall–Kier alpha value is -2.08. The smallest absolute Gasteiger partial charge is 0.240 e. The molecule has 0 aliphatic carbocycles. The van der Waals surface area contributed by atoms with Crippen LogP contribution in [0.3, 0.4) is 0 Å². The number of aliphatic hydroxyl groups is 1. The van der Waals surface area contributed by atoms with Crippen molar-refractivity contribution in [3.63, 3.8) is 0 Å². The van der Waals surface area contributed by atoms with Gasteiger partial charge in [-0.2, -0.15) is 4.98 Å². The third kappa shape index (κ3) is 4.80. The van der Waals surface area contributed by atoms with Gasteiger partial charge in [0.1, 0.15) is 6.17 Å². The van der Waals surface area contributed by atoms with Gasteiger partial charge in [0, 0.05) is 25.0 Å². The number of hydrogen-bond acceptors (Lipinski definition) is 8. The van der Waals surface area contributed by atoms with Crippen LogP contribution in [0.15, 0.2) is 27.6 Å². The Balaban J connectivity index is 1.85. The SMILES string of the molecule is CS(=O)(=O)c1ccc(-c2noc([C@@H](CCO)[C@H](N)C(=O)N3CC[C@H](F)C3)n2)c(Cl)c1. The summed E-state index contributed by atoms with van der Waals surface area (Å²) < 4.78 is 42.0. The van der Waals surface area contributed by atoms with Gasteiger partial charge in [0.15, 0.2) is 9.84 Å². The van der Waals surface area contributed by atoms with Crippen molar-refractivity contribution in [1.29, 1.82) is 0 Å². The number of hydrogen-bond donors (Lipinski definition) is 2. The lowest BCUT2D eigenvalue weighted by Crippen LogP contribution is -2.46. The number of sulfone groups is 1. The van der Waals surface area contributed by atoms with Crippen LogP contribution in [0.5, 0.6) is 0 Å². The van der Waals surface area contributed by atoms with Crippen molar-refractivity contribution in [3.05, 3.63) is 29.1 Å². The fraction of sp³-hybridized carbons (Fsp3) is 0.500. The maximum Gasteiger partial charge on any atom is 0.240 e. The zero-order valence-electron chi connectivity index (χ0n) is 16.2. The molecule has 1 aromatic carbocycles. The lowest BCUT2D eigenvalue weighted by Gasteiger charge is -2.24. The normalized spacial score (nSPS) is 19.1. The van der Waals surface area contributed by atoms with Crippen LogP contribution in [0.2, 0.25) is 5.02 Å². The summed E-state index contributed by atoms with van der Waals surface area (Å²) >= 11 is 6.19. The average molecular weight is 461 g/mol. The van der Waals surface area contributed by atoms with Gasteiger partial charge >= 0.3 is 0 Å². The Morgan fingerprint density at radius 1 is 1.50 bits per heavy atom. The fourth-order valence-corrected chi connectivity index (χ4v) is 4.28. The lowest BCUT2D eigenvalue weighted by atomic mass is 9.95. The summed E-state index contributed by atoms with van der Waals surface area (Å²) in [5, 5.41) is 13.4. The molecule has 164 valence electrons. The largest absolute Gasteiger partial charge is 0.396 e. The molecule has 9 nitrogen and oxygen atoms in total. The second-order valence-electron chi connectivity index (χ2n) is 7.18. The number of amides is 1. The number of nitrogens with zero attached hydrogens (tertiary/aromatic N) is 3. The molecule has 0 spiro atoms. The molecule has 3 rings (SSSR count). The number of aromatic nitrogens is 2. The minimum Gasteiger partial charge on any atom is -0.396 e. The van der Waals surface area contributed by atoms with Crippen LogP contribution < -0.4 is 5.73 Å². The predicted molar refractivity (Wildman–Crippen MR) is 106 cm³/mol. The molecule has 12 heteroatoms. The highest BCUT2D eigenvalue weighted by Crippen LogP contribution is 2.31. The van der Waals surface area contributed by atoms with E-state index < -0.39 is 33.9 Å². The minimum absolute atomic E-state index is 0.0181. The lowest BCUT2D eigenvalue weighted by molar-refractivity contribution is -0.132. The van der Waals surface area contributed by atoms with Gasteiger partial charge in [-0.3, -0.25) is 4.79 Å². The Bertz CT molecular complexity index is 1030. The molecule has 0 unspecified atom stereocenters. The summed E-state index contributed by atoms with van der Waals surface area (Å²) in [7, 11) is -3.43. The Morgan fingerprint density at radius 3 is 2.80 bits per heavy atom. The van der Waals surface area contributed by atoms with Gasteiger partial charge in [0.2, 0.25) is 17.6 Å². The van der Waals surface area contributed by atoms with Gasteiger partial charge in [-0.05, 0) is 31.0 Å². The van der Waals surface area contributed by atoms with Gasteiger partial charge in [-0.1, -0.05) is 16.8 Å². The molecule has 1 aliphatic heterocycles. The van der Waals surface area contributed by atoms with E-state index in [1.807, 2.05) is 0 Å². The van der Waals surface area contributed by atoms with E-state index in [2.05, 4.69) is 10.1 Å². The van der Waals surface area contributed by atoms with Crippen LogP contribution in [0.25, 0.3) is 11.4 Å². The number of likely N-dealkylation sites (tertiary alicyclic amines) is 1. The standard InChI is InChI=1S/C18H22ClFN4O5S/c1-30(27,28)11-2-3-12(14(19)8-11)16-22-17(29-23-16)13(5-7-25)15(21)18(26)24-6-4-10(20)9-24/h2-3,8,10,13,15,25H,4-7,9,21H2,1H3/t10-,13-,15-/m0/s1. The van der Waals surface area contributed by atoms with E-state index in [9.17, 15) is 22.7 Å². The first-order chi connectivity index (χ1) is 14.1. The van der Waals surface area contributed by atoms with Crippen LogP contribution in [0.1, 0.15) is 24.7 Å². The van der Waals surface area contributed by atoms with E-state index in [1.165, 1.54) is 23.1 Å².